The van der Waals surface area contributed by atoms with Crippen molar-refractivity contribution in [2.75, 3.05) is 11.9 Å². The minimum absolute atomic E-state index is 0.453. The summed E-state index contributed by atoms with van der Waals surface area (Å²) >= 11 is 0. The lowest BCUT2D eigenvalue weighted by Crippen LogP contribution is -2.09. The molecule has 0 atom stereocenters. The second-order valence-electron chi connectivity index (χ2n) is 6.21. The van der Waals surface area contributed by atoms with Crippen LogP contribution in [-0.2, 0) is 6.42 Å². The van der Waals surface area contributed by atoms with Gasteiger partial charge in [-0.3, -0.25) is 4.98 Å². The Kier molecular flexibility index (Phi) is 4.63. The van der Waals surface area contributed by atoms with Gasteiger partial charge in [-0.15, -0.1) is 0 Å². The third kappa shape index (κ3) is 3.81. The first kappa shape index (κ1) is 15.7. The Bertz CT molecular complexity index is 813. The van der Waals surface area contributed by atoms with E-state index in [9.17, 15) is 0 Å². The highest BCUT2D eigenvalue weighted by Gasteiger charge is 2.22. The molecule has 0 amide bonds. The molecule has 0 unspecified atom stereocenters. The molecule has 7 heteroatoms. The summed E-state index contributed by atoms with van der Waals surface area (Å²) in [6.45, 7) is 0.653. The second kappa shape index (κ2) is 7.38. The maximum atomic E-state index is 5.40. The largest absolute Gasteiger partial charge is 0.354 e. The third-order valence-electron chi connectivity index (χ3n) is 4.43. The Hall–Kier alpha value is -2.83. The Morgan fingerprint density at radius 3 is 2.88 bits per heavy atom. The molecule has 25 heavy (non-hydrogen) atoms. The Labute approximate surface area is 145 Å². The zero-order valence-corrected chi connectivity index (χ0v) is 13.9. The minimum Gasteiger partial charge on any atom is -0.354 e. The first-order valence-electron chi connectivity index (χ1n) is 8.68. The normalized spacial score (nSPS) is 14.7. The van der Waals surface area contributed by atoms with Crippen molar-refractivity contribution in [1.82, 2.24) is 25.1 Å². The van der Waals surface area contributed by atoms with Crippen molar-refractivity contribution < 1.29 is 4.52 Å². The van der Waals surface area contributed by atoms with Gasteiger partial charge in [-0.05, 0) is 31.0 Å². The summed E-state index contributed by atoms with van der Waals surface area (Å²) in [5, 5.41) is 7.30. The zero-order valence-electron chi connectivity index (χ0n) is 13.9. The number of hydrogen-bond donors (Lipinski definition) is 1. The van der Waals surface area contributed by atoms with E-state index in [0.717, 1.165) is 35.8 Å². The Morgan fingerprint density at radius 2 is 2.04 bits per heavy atom. The van der Waals surface area contributed by atoms with E-state index < -0.39 is 0 Å². The quantitative estimate of drug-likeness (QED) is 0.739. The van der Waals surface area contributed by atoms with Crippen LogP contribution in [0.15, 0.2) is 41.3 Å². The first-order chi connectivity index (χ1) is 12.4. The highest BCUT2D eigenvalue weighted by atomic mass is 16.5. The van der Waals surface area contributed by atoms with Crippen LogP contribution in [0.5, 0.6) is 0 Å². The van der Waals surface area contributed by atoms with E-state index in [2.05, 4.69) is 30.4 Å². The van der Waals surface area contributed by atoms with E-state index in [1.165, 1.54) is 12.8 Å². The van der Waals surface area contributed by atoms with Gasteiger partial charge in [-0.25, -0.2) is 9.97 Å². The topological polar surface area (TPSA) is 89.6 Å². The molecule has 1 aliphatic carbocycles. The predicted molar refractivity (Wildman–Crippen MR) is 93.0 cm³/mol. The highest BCUT2D eigenvalue weighted by Crippen LogP contribution is 2.32. The van der Waals surface area contributed by atoms with E-state index >= 15 is 0 Å². The van der Waals surface area contributed by atoms with Crippen LogP contribution >= 0.6 is 0 Å². The molecular weight excluding hydrogens is 316 g/mol. The zero-order chi connectivity index (χ0) is 16.9. The van der Waals surface area contributed by atoms with E-state index in [4.69, 9.17) is 4.52 Å². The van der Waals surface area contributed by atoms with Gasteiger partial charge < -0.3 is 9.84 Å². The van der Waals surface area contributed by atoms with Crippen LogP contribution in [0.25, 0.3) is 11.3 Å². The number of hydrogen-bond acceptors (Lipinski definition) is 7. The molecule has 0 aliphatic heterocycles. The molecule has 1 fully saturated rings. The van der Waals surface area contributed by atoms with Crippen molar-refractivity contribution in [3.05, 3.63) is 48.5 Å². The number of anilines is 1. The SMILES string of the molecule is c1cncc(-c2ccnc(NCCc3noc(C4CCCC4)n3)n2)c1. The summed E-state index contributed by atoms with van der Waals surface area (Å²) in [5.74, 6) is 2.56. The van der Waals surface area contributed by atoms with Crippen molar-refractivity contribution in [3.8, 4) is 11.3 Å². The molecule has 0 radical (unpaired) electrons. The average molecular weight is 336 g/mol. The summed E-state index contributed by atoms with van der Waals surface area (Å²) < 4.78 is 5.40. The summed E-state index contributed by atoms with van der Waals surface area (Å²) in [7, 11) is 0. The molecule has 128 valence electrons. The van der Waals surface area contributed by atoms with E-state index in [-0.39, 0.29) is 0 Å². The fraction of sp³-hybridized carbons (Fsp3) is 0.389. The summed E-state index contributed by atoms with van der Waals surface area (Å²) in [6, 6.07) is 5.74. The van der Waals surface area contributed by atoms with Gasteiger partial charge in [0.25, 0.3) is 0 Å². The van der Waals surface area contributed by atoms with Gasteiger partial charge in [0.15, 0.2) is 5.82 Å². The number of nitrogens with one attached hydrogen (secondary N) is 1. The van der Waals surface area contributed by atoms with Gasteiger partial charge in [-0.2, -0.15) is 4.98 Å². The van der Waals surface area contributed by atoms with Gasteiger partial charge in [0.2, 0.25) is 11.8 Å². The van der Waals surface area contributed by atoms with Gasteiger partial charge in [-0.1, -0.05) is 18.0 Å². The van der Waals surface area contributed by atoms with E-state index in [1.807, 2.05) is 18.2 Å². The molecule has 3 aromatic heterocycles. The fourth-order valence-corrected chi connectivity index (χ4v) is 3.11. The molecular formula is C18H20N6O. The Balaban J connectivity index is 1.34. The van der Waals surface area contributed by atoms with Crippen LogP contribution < -0.4 is 5.32 Å². The van der Waals surface area contributed by atoms with Crippen molar-refractivity contribution >= 4 is 5.95 Å². The number of rotatable bonds is 6. The average Bonchev–Trinajstić information content (AvgIpc) is 3.34. The minimum atomic E-state index is 0.453. The van der Waals surface area contributed by atoms with Crippen LogP contribution in [-0.4, -0.2) is 31.6 Å². The lowest BCUT2D eigenvalue weighted by molar-refractivity contribution is 0.350. The Morgan fingerprint density at radius 1 is 1.12 bits per heavy atom. The molecule has 3 heterocycles. The maximum Gasteiger partial charge on any atom is 0.229 e. The molecule has 1 saturated carbocycles. The second-order valence-corrected chi connectivity index (χ2v) is 6.21. The van der Waals surface area contributed by atoms with Crippen molar-refractivity contribution in [2.24, 2.45) is 0 Å². The standard InChI is InChI=1S/C18H20N6O/c1-2-5-13(4-1)17-23-16(24-25-17)8-11-21-18-20-10-7-15(22-18)14-6-3-9-19-12-14/h3,6-7,9-10,12-13H,1-2,4-5,8,11H2,(H,20,21,22). The van der Waals surface area contributed by atoms with Gasteiger partial charge >= 0.3 is 0 Å². The van der Waals surface area contributed by atoms with Crippen molar-refractivity contribution in [2.45, 2.75) is 38.0 Å². The third-order valence-corrected chi connectivity index (χ3v) is 4.43. The predicted octanol–water partition coefficient (Wildman–Crippen LogP) is 3.23. The fourth-order valence-electron chi connectivity index (χ4n) is 3.11. The van der Waals surface area contributed by atoms with E-state index in [1.54, 1.807) is 18.6 Å². The highest BCUT2D eigenvalue weighted by molar-refractivity contribution is 5.58. The van der Waals surface area contributed by atoms with Crippen LogP contribution in [0.4, 0.5) is 5.95 Å². The van der Waals surface area contributed by atoms with Crippen LogP contribution in [0.1, 0.15) is 43.3 Å². The monoisotopic (exact) mass is 336 g/mol. The summed E-state index contributed by atoms with van der Waals surface area (Å²) in [6.07, 6.45) is 10.8. The molecule has 7 nitrogen and oxygen atoms in total. The van der Waals surface area contributed by atoms with Crippen LogP contribution in [0, 0.1) is 0 Å². The number of aromatic nitrogens is 5. The molecule has 3 aromatic rings. The molecule has 1 N–H and O–H groups in total. The number of nitrogens with zero attached hydrogens (tertiary/aromatic N) is 5. The number of pyridine rings is 1. The van der Waals surface area contributed by atoms with E-state index in [0.29, 0.717) is 24.8 Å². The summed E-state index contributed by atoms with van der Waals surface area (Å²) in [4.78, 5) is 17.4. The molecule has 0 saturated heterocycles. The van der Waals surface area contributed by atoms with Crippen LogP contribution in [0.2, 0.25) is 0 Å². The molecule has 0 bridgehead atoms. The van der Waals surface area contributed by atoms with Gasteiger partial charge in [0.05, 0.1) is 5.69 Å². The first-order valence-corrected chi connectivity index (χ1v) is 8.68. The van der Waals surface area contributed by atoms with Crippen molar-refractivity contribution in [3.63, 3.8) is 0 Å². The van der Waals surface area contributed by atoms with Gasteiger partial charge in [0.1, 0.15) is 0 Å². The smallest absolute Gasteiger partial charge is 0.229 e. The maximum absolute atomic E-state index is 5.40. The van der Waals surface area contributed by atoms with Crippen molar-refractivity contribution in [1.29, 1.82) is 0 Å². The van der Waals surface area contributed by atoms with Gasteiger partial charge in [0, 0.05) is 43.0 Å². The molecule has 4 rings (SSSR count). The molecule has 1 aliphatic rings. The molecule has 0 aromatic carbocycles. The molecule has 0 spiro atoms. The lowest BCUT2D eigenvalue weighted by atomic mass is 10.1. The summed E-state index contributed by atoms with van der Waals surface area (Å²) in [5.41, 5.74) is 1.81. The lowest BCUT2D eigenvalue weighted by Gasteiger charge is -2.05. The van der Waals surface area contributed by atoms with Crippen LogP contribution in [0.3, 0.4) is 0 Å².